The van der Waals surface area contributed by atoms with Crippen LogP contribution >= 0.6 is 0 Å². The zero-order valence-electron chi connectivity index (χ0n) is 10.1. The highest BCUT2D eigenvalue weighted by Crippen LogP contribution is 2.40. The second-order valence-electron chi connectivity index (χ2n) is 3.75. The Morgan fingerprint density at radius 1 is 1.29 bits per heavy atom. The smallest absolute Gasteiger partial charge is 0.328 e. The van der Waals surface area contributed by atoms with Crippen molar-refractivity contribution in [1.82, 2.24) is 0 Å². The van der Waals surface area contributed by atoms with Crippen LogP contribution in [-0.4, -0.2) is 33.3 Å². The highest BCUT2D eigenvalue weighted by Gasteiger charge is 2.31. The monoisotopic (exact) mass is 237 g/mol. The number of esters is 1. The molecule has 2 rings (SSSR count). The summed E-state index contributed by atoms with van der Waals surface area (Å²) in [5.74, 6) is 1.06. The van der Waals surface area contributed by atoms with Crippen molar-refractivity contribution < 1.29 is 19.0 Å². The van der Waals surface area contributed by atoms with Gasteiger partial charge in [0.2, 0.25) is 0 Å². The minimum atomic E-state index is -0.351. The van der Waals surface area contributed by atoms with Crippen LogP contribution in [0.4, 0.5) is 5.69 Å². The molecule has 0 saturated carbocycles. The lowest BCUT2D eigenvalue weighted by Crippen LogP contribution is -2.27. The number of carbonyl (C=O) groups is 1. The molecule has 5 nitrogen and oxygen atoms in total. The first-order valence-electron chi connectivity index (χ1n) is 5.29. The van der Waals surface area contributed by atoms with Gasteiger partial charge < -0.3 is 19.5 Å². The van der Waals surface area contributed by atoms with Gasteiger partial charge in [-0.25, -0.2) is 4.79 Å². The van der Waals surface area contributed by atoms with Crippen LogP contribution in [0.3, 0.4) is 0 Å². The average molecular weight is 237 g/mol. The molecule has 0 unspecified atom stereocenters. The highest BCUT2D eigenvalue weighted by molar-refractivity contribution is 5.84. The maximum absolute atomic E-state index is 11.5. The fourth-order valence-electron chi connectivity index (χ4n) is 2.06. The van der Waals surface area contributed by atoms with Crippen LogP contribution in [0.5, 0.6) is 11.5 Å². The Kier molecular flexibility index (Phi) is 3.08. The topological polar surface area (TPSA) is 56.8 Å². The number of hydrogen-bond donors (Lipinski definition) is 1. The number of ether oxygens (including phenoxy) is 3. The Morgan fingerprint density at radius 2 is 2.06 bits per heavy atom. The van der Waals surface area contributed by atoms with Crippen LogP contribution in [0.15, 0.2) is 12.1 Å². The lowest BCUT2D eigenvalue weighted by atomic mass is 10.1. The van der Waals surface area contributed by atoms with Crippen molar-refractivity contribution >= 4 is 11.7 Å². The Morgan fingerprint density at radius 3 is 2.65 bits per heavy atom. The van der Waals surface area contributed by atoms with E-state index in [1.807, 2.05) is 12.1 Å². The number of anilines is 1. The molecule has 1 aromatic rings. The molecule has 0 fully saturated rings. The predicted molar refractivity (Wildman–Crippen MR) is 62.7 cm³/mol. The fraction of sp³-hybridized carbons (Fsp3) is 0.417. The summed E-state index contributed by atoms with van der Waals surface area (Å²) in [6.07, 6.45) is 0.544. The van der Waals surface area contributed by atoms with E-state index in [0.29, 0.717) is 17.9 Å². The predicted octanol–water partition coefficient (Wildman–Crippen LogP) is 1.21. The van der Waals surface area contributed by atoms with Crippen LogP contribution in [0.25, 0.3) is 0 Å². The maximum atomic E-state index is 11.5. The van der Waals surface area contributed by atoms with Gasteiger partial charge in [-0.1, -0.05) is 0 Å². The second-order valence-corrected chi connectivity index (χ2v) is 3.75. The normalized spacial score (nSPS) is 17.0. The third kappa shape index (κ3) is 1.88. The van der Waals surface area contributed by atoms with Crippen LogP contribution < -0.4 is 14.8 Å². The number of carbonyl (C=O) groups excluding carboxylic acids is 1. The third-order valence-corrected chi connectivity index (χ3v) is 2.87. The van der Waals surface area contributed by atoms with E-state index >= 15 is 0 Å². The minimum absolute atomic E-state index is 0.276. The Hall–Kier alpha value is -1.91. The summed E-state index contributed by atoms with van der Waals surface area (Å²) < 4.78 is 15.3. The molecule has 0 aromatic heterocycles. The molecule has 92 valence electrons. The molecular weight excluding hydrogens is 222 g/mol. The first kappa shape index (κ1) is 11.6. The van der Waals surface area contributed by atoms with Crippen LogP contribution in [0.1, 0.15) is 5.56 Å². The molecule has 1 aliphatic heterocycles. The molecule has 1 atom stereocenters. The first-order chi connectivity index (χ1) is 8.21. The quantitative estimate of drug-likeness (QED) is 0.801. The first-order valence-corrected chi connectivity index (χ1v) is 5.29. The van der Waals surface area contributed by atoms with E-state index in [9.17, 15) is 4.79 Å². The highest BCUT2D eigenvalue weighted by atomic mass is 16.5. The number of fused-ring (bicyclic) bond motifs is 1. The lowest BCUT2D eigenvalue weighted by Gasteiger charge is -2.10. The molecule has 0 saturated heterocycles. The van der Waals surface area contributed by atoms with Crippen LogP contribution in [0.2, 0.25) is 0 Å². The Balaban J connectivity index is 2.35. The summed E-state index contributed by atoms with van der Waals surface area (Å²) in [7, 11) is 4.55. The number of rotatable bonds is 3. The summed E-state index contributed by atoms with van der Waals surface area (Å²) >= 11 is 0. The van der Waals surface area contributed by atoms with E-state index < -0.39 is 0 Å². The van der Waals surface area contributed by atoms with Crippen molar-refractivity contribution in [3.8, 4) is 11.5 Å². The summed E-state index contributed by atoms with van der Waals surface area (Å²) in [4.78, 5) is 11.5. The summed E-state index contributed by atoms with van der Waals surface area (Å²) in [6, 6.07) is 3.33. The van der Waals surface area contributed by atoms with Gasteiger partial charge in [0.25, 0.3) is 0 Å². The van der Waals surface area contributed by atoms with E-state index in [4.69, 9.17) is 14.2 Å². The SMILES string of the molecule is COC(=O)[C@@H]1Cc2c(ccc(OC)c2OC)N1. The van der Waals surface area contributed by atoms with Gasteiger partial charge in [-0.3, -0.25) is 0 Å². The van der Waals surface area contributed by atoms with E-state index in [-0.39, 0.29) is 12.0 Å². The van der Waals surface area contributed by atoms with Gasteiger partial charge in [0.15, 0.2) is 11.5 Å². The second kappa shape index (κ2) is 4.53. The molecule has 0 spiro atoms. The van der Waals surface area contributed by atoms with Gasteiger partial charge in [-0.15, -0.1) is 0 Å². The van der Waals surface area contributed by atoms with Gasteiger partial charge in [-0.05, 0) is 12.1 Å². The molecule has 0 aliphatic carbocycles. The van der Waals surface area contributed by atoms with Gasteiger partial charge >= 0.3 is 5.97 Å². The van der Waals surface area contributed by atoms with Crippen molar-refractivity contribution in [2.24, 2.45) is 0 Å². The standard InChI is InChI=1S/C12H15NO4/c1-15-10-5-4-8-7(11(10)16-2)6-9(13-8)12(14)17-3/h4-5,9,13H,6H2,1-3H3/t9-/m0/s1. The molecule has 1 aromatic carbocycles. The van der Waals surface area contributed by atoms with E-state index in [1.165, 1.54) is 7.11 Å². The largest absolute Gasteiger partial charge is 0.493 e. The Bertz CT molecular complexity index is 444. The number of nitrogens with one attached hydrogen (secondary N) is 1. The van der Waals surface area contributed by atoms with Gasteiger partial charge in [0, 0.05) is 17.7 Å². The number of benzene rings is 1. The van der Waals surface area contributed by atoms with E-state index in [1.54, 1.807) is 14.2 Å². The van der Waals surface area contributed by atoms with Gasteiger partial charge in [0.1, 0.15) is 6.04 Å². The van der Waals surface area contributed by atoms with Crippen molar-refractivity contribution in [2.75, 3.05) is 26.6 Å². The molecule has 1 aliphatic rings. The molecule has 0 radical (unpaired) electrons. The molecule has 1 heterocycles. The van der Waals surface area contributed by atoms with E-state index in [0.717, 1.165) is 11.3 Å². The molecule has 5 heteroatoms. The van der Waals surface area contributed by atoms with Crippen molar-refractivity contribution in [3.63, 3.8) is 0 Å². The maximum Gasteiger partial charge on any atom is 0.328 e. The average Bonchev–Trinajstić information content (AvgIpc) is 2.80. The van der Waals surface area contributed by atoms with Crippen molar-refractivity contribution in [2.45, 2.75) is 12.5 Å². The third-order valence-electron chi connectivity index (χ3n) is 2.87. The summed E-state index contributed by atoms with van der Waals surface area (Å²) in [5.41, 5.74) is 1.83. The summed E-state index contributed by atoms with van der Waals surface area (Å²) in [5, 5.41) is 3.10. The van der Waals surface area contributed by atoms with Crippen LogP contribution in [0, 0.1) is 0 Å². The number of methoxy groups -OCH3 is 3. The molecule has 0 amide bonds. The zero-order chi connectivity index (χ0) is 12.4. The van der Waals surface area contributed by atoms with Crippen molar-refractivity contribution in [3.05, 3.63) is 17.7 Å². The fourth-order valence-corrected chi connectivity index (χ4v) is 2.06. The molecule has 1 N–H and O–H groups in total. The van der Waals surface area contributed by atoms with Gasteiger partial charge in [-0.2, -0.15) is 0 Å². The molecular formula is C12H15NO4. The summed E-state index contributed by atoms with van der Waals surface area (Å²) in [6.45, 7) is 0. The molecule has 17 heavy (non-hydrogen) atoms. The lowest BCUT2D eigenvalue weighted by molar-refractivity contribution is -0.141. The minimum Gasteiger partial charge on any atom is -0.493 e. The zero-order valence-corrected chi connectivity index (χ0v) is 10.1. The van der Waals surface area contributed by atoms with Crippen LogP contribution in [-0.2, 0) is 16.0 Å². The van der Waals surface area contributed by atoms with Gasteiger partial charge in [0.05, 0.1) is 21.3 Å². The molecule has 0 bridgehead atoms. The van der Waals surface area contributed by atoms with E-state index in [2.05, 4.69) is 5.32 Å². The number of hydrogen-bond acceptors (Lipinski definition) is 5. The van der Waals surface area contributed by atoms with Crippen molar-refractivity contribution in [1.29, 1.82) is 0 Å². The Labute approximate surface area is 99.7 Å².